The third-order valence-corrected chi connectivity index (χ3v) is 3.58. The number of hydrogen-bond acceptors (Lipinski definition) is 3. The number of benzene rings is 1. The van der Waals surface area contributed by atoms with Crippen molar-refractivity contribution in [3.8, 4) is 0 Å². The zero-order valence-electron chi connectivity index (χ0n) is 9.73. The maximum atomic E-state index is 8.80. The van der Waals surface area contributed by atoms with Crippen molar-refractivity contribution < 1.29 is 5.21 Å². The first-order chi connectivity index (χ1) is 8.13. The number of oxime groups is 1. The molecule has 92 valence electrons. The third kappa shape index (κ3) is 2.31. The van der Waals surface area contributed by atoms with E-state index in [1.54, 1.807) is 6.07 Å². The molecule has 0 spiro atoms. The zero-order chi connectivity index (χ0) is 12.4. The Morgan fingerprint density at radius 2 is 2.24 bits per heavy atom. The Bertz CT molecular complexity index is 443. The SMILES string of the molecule is CN(c1ccc(Cl)cc1/C(N)=N/O)C1CCC1. The molecule has 0 amide bonds. The monoisotopic (exact) mass is 253 g/mol. The lowest BCUT2D eigenvalue weighted by Gasteiger charge is -2.37. The Morgan fingerprint density at radius 1 is 1.53 bits per heavy atom. The van der Waals surface area contributed by atoms with E-state index in [1.165, 1.54) is 19.3 Å². The van der Waals surface area contributed by atoms with Gasteiger partial charge < -0.3 is 15.8 Å². The van der Waals surface area contributed by atoms with Crippen molar-refractivity contribution in [2.75, 3.05) is 11.9 Å². The summed E-state index contributed by atoms with van der Waals surface area (Å²) in [7, 11) is 2.03. The van der Waals surface area contributed by atoms with E-state index in [4.69, 9.17) is 22.5 Å². The molecule has 0 unspecified atom stereocenters. The zero-order valence-corrected chi connectivity index (χ0v) is 10.5. The van der Waals surface area contributed by atoms with Gasteiger partial charge in [0, 0.05) is 29.4 Å². The van der Waals surface area contributed by atoms with E-state index in [1.807, 2.05) is 19.2 Å². The Morgan fingerprint density at radius 3 is 2.76 bits per heavy atom. The Labute approximate surface area is 106 Å². The van der Waals surface area contributed by atoms with Gasteiger partial charge >= 0.3 is 0 Å². The van der Waals surface area contributed by atoms with Crippen LogP contribution in [0.15, 0.2) is 23.4 Å². The quantitative estimate of drug-likeness (QED) is 0.376. The van der Waals surface area contributed by atoms with Crippen LogP contribution in [0.1, 0.15) is 24.8 Å². The summed E-state index contributed by atoms with van der Waals surface area (Å²) in [6, 6.07) is 6.00. The number of halogens is 1. The second kappa shape index (κ2) is 4.84. The van der Waals surface area contributed by atoms with Crippen LogP contribution >= 0.6 is 11.6 Å². The predicted octanol–water partition coefficient (Wildman–Crippen LogP) is 2.42. The lowest BCUT2D eigenvalue weighted by atomic mass is 9.91. The average Bonchev–Trinajstić information content (AvgIpc) is 2.25. The highest BCUT2D eigenvalue weighted by atomic mass is 35.5. The minimum atomic E-state index is 0.0914. The lowest BCUT2D eigenvalue weighted by molar-refractivity contribution is 0.318. The fourth-order valence-electron chi connectivity index (χ4n) is 2.05. The van der Waals surface area contributed by atoms with Crippen LogP contribution in [0.4, 0.5) is 5.69 Å². The van der Waals surface area contributed by atoms with Crippen molar-refractivity contribution in [1.29, 1.82) is 0 Å². The van der Waals surface area contributed by atoms with Crippen molar-refractivity contribution in [2.45, 2.75) is 25.3 Å². The molecule has 1 aromatic carbocycles. The van der Waals surface area contributed by atoms with Gasteiger partial charge in [0.15, 0.2) is 5.84 Å². The number of nitrogens with two attached hydrogens (primary N) is 1. The minimum absolute atomic E-state index is 0.0914. The summed E-state index contributed by atoms with van der Waals surface area (Å²) in [5.74, 6) is 0.0914. The van der Waals surface area contributed by atoms with Gasteiger partial charge in [0.05, 0.1) is 0 Å². The number of anilines is 1. The molecule has 0 heterocycles. The molecule has 1 saturated carbocycles. The summed E-state index contributed by atoms with van der Waals surface area (Å²) < 4.78 is 0. The van der Waals surface area contributed by atoms with Crippen LogP contribution in [0.2, 0.25) is 5.02 Å². The molecular formula is C12H16ClN3O. The molecule has 1 fully saturated rings. The van der Waals surface area contributed by atoms with Gasteiger partial charge in [-0.3, -0.25) is 0 Å². The summed E-state index contributed by atoms with van der Waals surface area (Å²) in [6.07, 6.45) is 3.64. The normalized spacial score (nSPS) is 16.7. The Kier molecular flexibility index (Phi) is 3.43. The van der Waals surface area contributed by atoms with Gasteiger partial charge in [0.25, 0.3) is 0 Å². The first-order valence-corrected chi connectivity index (χ1v) is 6.01. The van der Waals surface area contributed by atoms with Crippen LogP contribution in [-0.2, 0) is 0 Å². The third-order valence-electron chi connectivity index (χ3n) is 3.34. The summed E-state index contributed by atoms with van der Waals surface area (Å²) in [5.41, 5.74) is 7.30. The van der Waals surface area contributed by atoms with Crippen LogP contribution in [0.25, 0.3) is 0 Å². The highest BCUT2D eigenvalue weighted by Crippen LogP contribution is 2.31. The highest BCUT2D eigenvalue weighted by Gasteiger charge is 2.24. The molecular weight excluding hydrogens is 238 g/mol. The van der Waals surface area contributed by atoms with E-state index in [0.717, 1.165) is 5.69 Å². The second-order valence-corrected chi connectivity index (χ2v) is 4.78. The van der Waals surface area contributed by atoms with E-state index in [2.05, 4.69) is 10.1 Å². The first kappa shape index (κ1) is 12.0. The van der Waals surface area contributed by atoms with Crippen molar-refractivity contribution >= 4 is 23.1 Å². The summed E-state index contributed by atoms with van der Waals surface area (Å²) in [5, 5.41) is 12.4. The van der Waals surface area contributed by atoms with Crippen molar-refractivity contribution in [2.24, 2.45) is 10.9 Å². The van der Waals surface area contributed by atoms with E-state index in [9.17, 15) is 0 Å². The Balaban J connectivity index is 2.37. The molecule has 0 bridgehead atoms. The first-order valence-electron chi connectivity index (χ1n) is 5.63. The van der Waals surface area contributed by atoms with E-state index in [0.29, 0.717) is 16.6 Å². The van der Waals surface area contributed by atoms with E-state index >= 15 is 0 Å². The molecule has 0 radical (unpaired) electrons. The molecule has 1 aliphatic carbocycles. The van der Waals surface area contributed by atoms with Crippen molar-refractivity contribution in [3.63, 3.8) is 0 Å². The second-order valence-electron chi connectivity index (χ2n) is 4.34. The maximum Gasteiger partial charge on any atom is 0.172 e. The fourth-order valence-corrected chi connectivity index (χ4v) is 2.22. The Hall–Kier alpha value is -1.42. The predicted molar refractivity (Wildman–Crippen MR) is 70.0 cm³/mol. The largest absolute Gasteiger partial charge is 0.409 e. The van der Waals surface area contributed by atoms with Crippen LogP contribution in [-0.4, -0.2) is 24.1 Å². The van der Waals surface area contributed by atoms with Gasteiger partial charge in [-0.15, -0.1) is 0 Å². The molecule has 4 nitrogen and oxygen atoms in total. The van der Waals surface area contributed by atoms with Crippen molar-refractivity contribution in [1.82, 2.24) is 0 Å². The van der Waals surface area contributed by atoms with E-state index < -0.39 is 0 Å². The summed E-state index contributed by atoms with van der Waals surface area (Å²) in [6.45, 7) is 0. The van der Waals surface area contributed by atoms with Crippen LogP contribution in [0.3, 0.4) is 0 Å². The summed E-state index contributed by atoms with van der Waals surface area (Å²) in [4.78, 5) is 2.17. The van der Waals surface area contributed by atoms with Gasteiger partial charge in [-0.1, -0.05) is 16.8 Å². The van der Waals surface area contributed by atoms with Crippen molar-refractivity contribution in [3.05, 3.63) is 28.8 Å². The van der Waals surface area contributed by atoms with Gasteiger partial charge in [-0.25, -0.2) is 0 Å². The standard InChI is InChI=1S/C12H16ClN3O/c1-16(9-3-2-4-9)11-6-5-8(13)7-10(11)12(14)15-17/h5-7,9,17H,2-4H2,1H3,(H2,14,15). The van der Waals surface area contributed by atoms with Crippen LogP contribution in [0, 0.1) is 0 Å². The molecule has 1 aliphatic rings. The van der Waals surface area contributed by atoms with Gasteiger partial charge in [-0.05, 0) is 37.5 Å². The van der Waals surface area contributed by atoms with Crippen LogP contribution in [0.5, 0.6) is 0 Å². The minimum Gasteiger partial charge on any atom is -0.409 e. The number of rotatable bonds is 3. The molecule has 0 saturated heterocycles. The van der Waals surface area contributed by atoms with Crippen LogP contribution < -0.4 is 10.6 Å². The maximum absolute atomic E-state index is 8.80. The van der Waals surface area contributed by atoms with Gasteiger partial charge in [0.1, 0.15) is 0 Å². The highest BCUT2D eigenvalue weighted by molar-refractivity contribution is 6.31. The molecule has 0 aliphatic heterocycles. The number of amidine groups is 1. The molecule has 2 rings (SSSR count). The molecule has 5 heteroatoms. The molecule has 0 atom stereocenters. The molecule has 17 heavy (non-hydrogen) atoms. The fraction of sp³-hybridized carbons (Fsp3) is 0.417. The molecule has 0 aromatic heterocycles. The smallest absolute Gasteiger partial charge is 0.172 e. The van der Waals surface area contributed by atoms with Gasteiger partial charge in [0.2, 0.25) is 0 Å². The number of hydrogen-bond donors (Lipinski definition) is 2. The molecule has 1 aromatic rings. The topological polar surface area (TPSA) is 61.8 Å². The van der Waals surface area contributed by atoms with E-state index in [-0.39, 0.29) is 5.84 Å². The van der Waals surface area contributed by atoms with Gasteiger partial charge in [-0.2, -0.15) is 0 Å². The lowest BCUT2D eigenvalue weighted by Crippen LogP contribution is -2.38. The molecule has 3 N–H and O–H groups in total. The number of nitrogens with zero attached hydrogens (tertiary/aromatic N) is 2. The average molecular weight is 254 g/mol. The summed E-state index contributed by atoms with van der Waals surface area (Å²) >= 11 is 5.94.